The number of benzene rings is 1. The third-order valence-corrected chi connectivity index (χ3v) is 3.63. The van der Waals surface area contributed by atoms with E-state index >= 15 is 0 Å². The lowest BCUT2D eigenvalue weighted by molar-refractivity contribution is 0.601. The fourth-order valence-corrected chi connectivity index (χ4v) is 2.56. The van der Waals surface area contributed by atoms with Gasteiger partial charge >= 0.3 is 0 Å². The van der Waals surface area contributed by atoms with Crippen LogP contribution in [0.2, 0.25) is 0 Å². The Bertz CT molecular complexity index is 868. The quantitative estimate of drug-likeness (QED) is 0.735. The standard InChI is InChI=1S/C17H19FN4O/c1-2-5-22-11-12(9-20-22)8-19-10-14-7-17(23)15-6-13(18)3-4-16(15)21-14/h3-4,6-7,9,11,19H,2,5,8,10H2,1H3,(H,21,23). The Labute approximate surface area is 133 Å². The van der Waals surface area contributed by atoms with Crippen LogP contribution in [-0.2, 0) is 19.6 Å². The normalized spacial score (nSPS) is 11.2. The highest BCUT2D eigenvalue weighted by Crippen LogP contribution is 2.10. The number of halogens is 1. The molecule has 0 unspecified atom stereocenters. The second-order valence-electron chi connectivity index (χ2n) is 5.56. The zero-order valence-corrected chi connectivity index (χ0v) is 13.0. The summed E-state index contributed by atoms with van der Waals surface area (Å²) in [6.07, 6.45) is 4.91. The van der Waals surface area contributed by atoms with Gasteiger partial charge in [0.15, 0.2) is 5.43 Å². The summed E-state index contributed by atoms with van der Waals surface area (Å²) in [6, 6.07) is 5.70. The Balaban J connectivity index is 1.67. The second-order valence-corrected chi connectivity index (χ2v) is 5.56. The zero-order chi connectivity index (χ0) is 16.2. The van der Waals surface area contributed by atoms with Crippen molar-refractivity contribution in [2.45, 2.75) is 33.0 Å². The van der Waals surface area contributed by atoms with Gasteiger partial charge in [-0.15, -0.1) is 0 Å². The molecule has 0 saturated carbocycles. The van der Waals surface area contributed by atoms with E-state index in [1.807, 2.05) is 17.1 Å². The van der Waals surface area contributed by atoms with Crippen LogP contribution in [0.3, 0.4) is 0 Å². The summed E-state index contributed by atoms with van der Waals surface area (Å²) in [5, 5.41) is 7.93. The molecule has 0 amide bonds. The maximum absolute atomic E-state index is 13.2. The van der Waals surface area contributed by atoms with Crippen LogP contribution < -0.4 is 10.7 Å². The van der Waals surface area contributed by atoms with Crippen LogP contribution in [0.5, 0.6) is 0 Å². The molecule has 0 aliphatic heterocycles. The summed E-state index contributed by atoms with van der Waals surface area (Å²) in [6.45, 7) is 4.23. The summed E-state index contributed by atoms with van der Waals surface area (Å²) in [5.41, 5.74) is 2.34. The number of nitrogens with one attached hydrogen (secondary N) is 2. The van der Waals surface area contributed by atoms with Crippen molar-refractivity contribution in [3.63, 3.8) is 0 Å². The van der Waals surface area contributed by atoms with Gasteiger partial charge in [-0.3, -0.25) is 9.48 Å². The molecule has 0 aliphatic carbocycles. The van der Waals surface area contributed by atoms with Crippen molar-refractivity contribution in [2.75, 3.05) is 0 Å². The lowest BCUT2D eigenvalue weighted by Gasteiger charge is -2.06. The molecule has 2 aromatic heterocycles. The minimum absolute atomic E-state index is 0.175. The molecule has 0 aliphatic rings. The van der Waals surface area contributed by atoms with Crippen LogP contribution in [0.15, 0.2) is 41.5 Å². The summed E-state index contributed by atoms with van der Waals surface area (Å²) in [7, 11) is 0. The second kappa shape index (κ2) is 6.75. The van der Waals surface area contributed by atoms with Gasteiger partial charge in [-0.25, -0.2) is 4.39 Å². The van der Waals surface area contributed by atoms with Gasteiger partial charge < -0.3 is 10.3 Å². The largest absolute Gasteiger partial charge is 0.357 e. The summed E-state index contributed by atoms with van der Waals surface area (Å²) >= 11 is 0. The van der Waals surface area contributed by atoms with Crippen molar-refractivity contribution < 1.29 is 4.39 Å². The van der Waals surface area contributed by atoms with Gasteiger partial charge in [-0.2, -0.15) is 5.10 Å². The SMILES string of the molecule is CCCn1cc(CNCc2cc(=O)c3cc(F)ccc3[nH]2)cn1. The molecule has 23 heavy (non-hydrogen) atoms. The van der Waals surface area contributed by atoms with Crippen LogP contribution >= 0.6 is 0 Å². The van der Waals surface area contributed by atoms with Crippen molar-refractivity contribution in [1.29, 1.82) is 0 Å². The van der Waals surface area contributed by atoms with E-state index in [1.165, 1.54) is 18.2 Å². The number of aryl methyl sites for hydroxylation is 1. The first-order valence-electron chi connectivity index (χ1n) is 7.69. The van der Waals surface area contributed by atoms with Gasteiger partial charge in [0.25, 0.3) is 0 Å². The molecule has 3 rings (SSSR count). The van der Waals surface area contributed by atoms with Crippen LogP contribution in [0, 0.1) is 5.82 Å². The Kier molecular flexibility index (Phi) is 4.52. The molecule has 0 bridgehead atoms. The number of aromatic nitrogens is 3. The highest BCUT2D eigenvalue weighted by Gasteiger charge is 2.04. The Hall–Kier alpha value is -2.47. The Morgan fingerprint density at radius 3 is 3.00 bits per heavy atom. The van der Waals surface area contributed by atoms with Gasteiger partial charge in [0, 0.05) is 54.1 Å². The molecule has 0 atom stereocenters. The number of nitrogens with zero attached hydrogens (tertiary/aromatic N) is 2. The smallest absolute Gasteiger partial charge is 0.189 e. The number of hydrogen-bond donors (Lipinski definition) is 2. The van der Waals surface area contributed by atoms with Crippen LogP contribution in [-0.4, -0.2) is 14.8 Å². The van der Waals surface area contributed by atoms with Crippen molar-refractivity contribution in [1.82, 2.24) is 20.1 Å². The van der Waals surface area contributed by atoms with Crippen molar-refractivity contribution in [3.8, 4) is 0 Å². The lowest BCUT2D eigenvalue weighted by Crippen LogP contribution is -2.16. The van der Waals surface area contributed by atoms with E-state index in [2.05, 4.69) is 22.3 Å². The van der Waals surface area contributed by atoms with E-state index in [0.29, 0.717) is 24.0 Å². The minimum Gasteiger partial charge on any atom is -0.357 e. The lowest BCUT2D eigenvalue weighted by atomic mass is 10.2. The van der Waals surface area contributed by atoms with E-state index in [-0.39, 0.29) is 5.43 Å². The van der Waals surface area contributed by atoms with E-state index < -0.39 is 5.82 Å². The maximum Gasteiger partial charge on any atom is 0.189 e. The first kappa shape index (κ1) is 15.4. The third-order valence-electron chi connectivity index (χ3n) is 3.63. The van der Waals surface area contributed by atoms with E-state index in [9.17, 15) is 9.18 Å². The molecular weight excluding hydrogens is 295 g/mol. The molecule has 3 aromatic rings. The van der Waals surface area contributed by atoms with Gasteiger partial charge in [0.05, 0.1) is 6.20 Å². The average Bonchev–Trinajstić information content (AvgIpc) is 2.96. The molecule has 120 valence electrons. The number of H-pyrrole nitrogens is 1. The fraction of sp³-hybridized carbons (Fsp3) is 0.294. The molecule has 6 heteroatoms. The predicted molar refractivity (Wildman–Crippen MR) is 87.6 cm³/mol. The predicted octanol–water partition coefficient (Wildman–Crippen LogP) is 2.56. The first-order valence-corrected chi connectivity index (χ1v) is 7.69. The van der Waals surface area contributed by atoms with E-state index in [4.69, 9.17) is 0 Å². The van der Waals surface area contributed by atoms with Gasteiger partial charge in [0.2, 0.25) is 0 Å². The number of fused-ring (bicyclic) bond motifs is 1. The van der Waals surface area contributed by atoms with Crippen LogP contribution in [0.1, 0.15) is 24.6 Å². The van der Waals surface area contributed by atoms with Gasteiger partial charge in [-0.1, -0.05) is 6.92 Å². The van der Waals surface area contributed by atoms with Gasteiger partial charge in [-0.05, 0) is 24.6 Å². The molecule has 2 heterocycles. The monoisotopic (exact) mass is 314 g/mol. The van der Waals surface area contributed by atoms with E-state index in [0.717, 1.165) is 24.2 Å². The highest BCUT2D eigenvalue weighted by molar-refractivity contribution is 5.78. The van der Waals surface area contributed by atoms with E-state index in [1.54, 1.807) is 6.07 Å². The molecule has 2 N–H and O–H groups in total. The molecule has 0 saturated heterocycles. The van der Waals surface area contributed by atoms with Crippen LogP contribution in [0.25, 0.3) is 10.9 Å². The molecular formula is C17H19FN4O. The Morgan fingerprint density at radius 2 is 2.17 bits per heavy atom. The number of rotatable bonds is 6. The maximum atomic E-state index is 13.2. The molecule has 0 spiro atoms. The van der Waals surface area contributed by atoms with Gasteiger partial charge in [0.1, 0.15) is 5.82 Å². The molecule has 0 radical (unpaired) electrons. The third kappa shape index (κ3) is 3.65. The molecule has 5 nitrogen and oxygen atoms in total. The average molecular weight is 314 g/mol. The molecule has 1 aromatic carbocycles. The number of aromatic amines is 1. The zero-order valence-electron chi connectivity index (χ0n) is 13.0. The first-order chi connectivity index (χ1) is 11.2. The minimum atomic E-state index is -0.405. The van der Waals surface area contributed by atoms with Crippen molar-refractivity contribution in [2.24, 2.45) is 0 Å². The summed E-state index contributed by atoms with van der Waals surface area (Å²) < 4.78 is 15.1. The summed E-state index contributed by atoms with van der Waals surface area (Å²) in [5.74, 6) is -0.405. The topological polar surface area (TPSA) is 62.7 Å². The molecule has 0 fully saturated rings. The van der Waals surface area contributed by atoms with Crippen molar-refractivity contribution >= 4 is 10.9 Å². The fourth-order valence-electron chi connectivity index (χ4n) is 2.56. The number of pyridine rings is 1. The Morgan fingerprint density at radius 1 is 1.30 bits per heavy atom. The van der Waals surface area contributed by atoms with Crippen LogP contribution in [0.4, 0.5) is 4.39 Å². The highest BCUT2D eigenvalue weighted by atomic mass is 19.1. The van der Waals surface area contributed by atoms with Crippen molar-refractivity contribution in [3.05, 3.63) is 64.0 Å². The summed E-state index contributed by atoms with van der Waals surface area (Å²) in [4.78, 5) is 15.2. The number of hydrogen-bond acceptors (Lipinski definition) is 3.